The first-order valence-corrected chi connectivity index (χ1v) is 9.76. The van der Waals surface area contributed by atoms with E-state index >= 15 is 0 Å². The highest BCUT2D eigenvalue weighted by atomic mass is 16.2. The number of aromatic nitrogens is 2. The average Bonchev–Trinajstić information content (AvgIpc) is 3.34. The molecule has 2 aliphatic heterocycles. The van der Waals surface area contributed by atoms with Crippen molar-refractivity contribution in [1.29, 1.82) is 0 Å². The quantitative estimate of drug-likeness (QED) is 0.901. The standard InChI is InChI=1S/C19H31N5O/c1-15-11-20-17(21-15)13-23-10-9-22(2)19(14-23)6-5-18(25)24(8-7-19)12-16-3-4-16/h11,16H,3-10,12-14H2,1-2H3,(H,20,21)/t19-/m0/s1. The highest BCUT2D eigenvalue weighted by molar-refractivity contribution is 5.76. The first-order valence-electron chi connectivity index (χ1n) is 9.76. The number of aromatic amines is 1. The van der Waals surface area contributed by atoms with Crippen LogP contribution in [-0.2, 0) is 11.3 Å². The smallest absolute Gasteiger partial charge is 0.222 e. The fraction of sp³-hybridized carbons (Fsp3) is 0.789. The highest BCUT2D eigenvalue weighted by Gasteiger charge is 2.42. The predicted octanol–water partition coefficient (Wildman–Crippen LogP) is 1.63. The number of likely N-dealkylation sites (tertiary alicyclic amines) is 1. The zero-order chi connectivity index (χ0) is 17.4. The minimum Gasteiger partial charge on any atom is -0.345 e. The summed E-state index contributed by atoms with van der Waals surface area (Å²) in [6.07, 6.45) is 7.30. The van der Waals surface area contributed by atoms with Crippen molar-refractivity contribution in [3.05, 3.63) is 17.7 Å². The Balaban J connectivity index is 1.43. The Morgan fingerprint density at radius 2 is 2.12 bits per heavy atom. The summed E-state index contributed by atoms with van der Waals surface area (Å²) >= 11 is 0. The van der Waals surface area contributed by atoms with Gasteiger partial charge in [0, 0.05) is 56.6 Å². The topological polar surface area (TPSA) is 55.5 Å². The molecule has 3 aliphatic rings. The maximum Gasteiger partial charge on any atom is 0.222 e. The lowest BCUT2D eigenvalue weighted by atomic mass is 9.86. The Labute approximate surface area is 150 Å². The molecule has 1 aliphatic carbocycles. The van der Waals surface area contributed by atoms with Crippen LogP contribution in [-0.4, -0.2) is 75.9 Å². The summed E-state index contributed by atoms with van der Waals surface area (Å²) in [6, 6.07) is 0. The Morgan fingerprint density at radius 3 is 2.84 bits per heavy atom. The van der Waals surface area contributed by atoms with E-state index in [0.717, 1.165) is 69.5 Å². The van der Waals surface area contributed by atoms with Crippen LogP contribution in [0.15, 0.2) is 6.20 Å². The number of rotatable bonds is 4. The minimum atomic E-state index is 0.133. The molecule has 138 valence electrons. The molecule has 1 amide bonds. The van der Waals surface area contributed by atoms with Crippen LogP contribution >= 0.6 is 0 Å². The predicted molar refractivity (Wildman–Crippen MR) is 97.1 cm³/mol. The molecule has 0 aromatic carbocycles. The van der Waals surface area contributed by atoms with Gasteiger partial charge in [0.25, 0.3) is 0 Å². The lowest BCUT2D eigenvalue weighted by molar-refractivity contribution is -0.131. The van der Waals surface area contributed by atoms with Gasteiger partial charge in [-0.1, -0.05) is 0 Å². The van der Waals surface area contributed by atoms with E-state index in [2.05, 4.69) is 31.7 Å². The average molecular weight is 345 g/mol. The zero-order valence-electron chi connectivity index (χ0n) is 15.6. The van der Waals surface area contributed by atoms with Gasteiger partial charge < -0.3 is 9.88 Å². The molecule has 0 unspecified atom stereocenters. The lowest BCUT2D eigenvalue weighted by Crippen LogP contribution is -2.60. The Bertz CT molecular complexity index is 625. The van der Waals surface area contributed by atoms with E-state index in [-0.39, 0.29) is 5.54 Å². The molecule has 0 radical (unpaired) electrons. The summed E-state index contributed by atoms with van der Waals surface area (Å²) < 4.78 is 0. The molecule has 6 nitrogen and oxygen atoms in total. The van der Waals surface area contributed by atoms with E-state index < -0.39 is 0 Å². The molecule has 1 spiro atoms. The third-order valence-corrected chi connectivity index (χ3v) is 6.39. The molecular formula is C19H31N5O. The number of piperazine rings is 1. The number of carbonyl (C=O) groups is 1. The molecule has 4 rings (SSSR count). The van der Waals surface area contributed by atoms with Crippen LogP contribution in [0.4, 0.5) is 0 Å². The molecule has 1 saturated carbocycles. The number of hydrogen-bond acceptors (Lipinski definition) is 4. The van der Waals surface area contributed by atoms with Crippen molar-refractivity contribution in [1.82, 2.24) is 24.7 Å². The summed E-state index contributed by atoms with van der Waals surface area (Å²) in [7, 11) is 2.25. The van der Waals surface area contributed by atoms with Gasteiger partial charge in [-0.25, -0.2) is 4.98 Å². The van der Waals surface area contributed by atoms with Gasteiger partial charge in [-0.2, -0.15) is 0 Å². The third-order valence-electron chi connectivity index (χ3n) is 6.39. The molecule has 25 heavy (non-hydrogen) atoms. The number of hydrogen-bond donors (Lipinski definition) is 1. The minimum absolute atomic E-state index is 0.133. The molecule has 3 heterocycles. The van der Waals surface area contributed by atoms with E-state index in [1.54, 1.807) is 0 Å². The fourth-order valence-electron chi connectivity index (χ4n) is 4.47. The van der Waals surface area contributed by atoms with Gasteiger partial charge in [0.05, 0.1) is 6.54 Å². The molecule has 3 fully saturated rings. The Morgan fingerprint density at radius 1 is 1.28 bits per heavy atom. The molecule has 1 atom stereocenters. The van der Waals surface area contributed by atoms with Crippen molar-refractivity contribution >= 4 is 5.91 Å². The molecule has 6 heteroatoms. The van der Waals surface area contributed by atoms with Gasteiger partial charge in [0.1, 0.15) is 5.82 Å². The van der Waals surface area contributed by atoms with Crippen molar-refractivity contribution in [3.8, 4) is 0 Å². The lowest BCUT2D eigenvalue weighted by Gasteiger charge is -2.49. The van der Waals surface area contributed by atoms with E-state index in [4.69, 9.17) is 0 Å². The summed E-state index contributed by atoms with van der Waals surface area (Å²) in [6.45, 7) is 8.01. The van der Waals surface area contributed by atoms with Gasteiger partial charge in [0.15, 0.2) is 0 Å². The second-order valence-electron chi connectivity index (χ2n) is 8.40. The number of carbonyl (C=O) groups excluding carboxylic acids is 1. The van der Waals surface area contributed by atoms with Crippen LogP contribution < -0.4 is 0 Å². The summed E-state index contributed by atoms with van der Waals surface area (Å²) in [5.74, 6) is 2.20. The second kappa shape index (κ2) is 6.72. The van der Waals surface area contributed by atoms with Gasteiger partial charge in [0.2, 0.25) is 5.91 Å². The van der Waals surface area contributed by atoms with Gasteiger partial charge >= 0.3 is 0 Å². The third kappa shape index (κ3) is 3.75. The van der Waals surface area contributed by atoms with Crippen molar-refractivity contribution in [2.75, 3.05) is 39.8 Å². The van der Waals surface area contributed by atoms with Crippen LogP contribution in [0.1, 0.15) is 43.6 Å². The zero-order valence-corrected chi connectivity index (χ0v) is 15.6. The number of nitrogens with one attached hydrogen (secondary N) is 1. The number of imidazole rings is 1. The molecule has 1 N–H and O–H groups in total. The van der Waals surface area contributed by atoms with Crippen LogP contribution in [0.25, 0.3) is 0 Å². The molecule has 1 aromatic heterocycles. The fourth-order valence-corrected chi connectivity index (χ4v) is 4.47. The van der Waals surface area contributed by atoms with Crippen LogP contribution in [0.3, 0.4) is 0 Å². The van der Waals surface area contributed by atoms with Crippen molar-refractivity contribution in [3.63, 3.8) is 0 Å². The molecular weight excluding hydrogens is 314 g/mol. The SMILES string of the molecule is Cc1cnc(CN2CCN(C)[C@]3(CCC(=O)N(CC4CC4)CC3)C2)[nH]1. The summed E-state index contributed by atoms with van der Waals surface area (Å²) in [5.41, 5.74) is 1.25. The number of amides is 1. The maximum atomic E-state index is 12.6. The normalized spacial score (nSPS) is 29.4. The van der Waals surface area contributed by atoms with Gasteiger partial charge in [-0.15, -0.1) is 0 Å². The number of nitrogens with zero attached hydrogens (tertiary/aromatic N) is 4. The van der Waals surface area contributed by atoms with Crippen LogP contribution in [0.2, 0.25) is 0 Å². The second-order valence-corrected chi connectivity index (χ2v) is 8.40. The van der Waals surface area contributed by atoms with Crippen molar-refractivity contribution in [2.45, 2.75) is 51.1 Å². The highest BCUT2D eigenvalue weighted by Crippen LogP contribution is 2.35. The maximum absolute atomic E-state index is 12.6. The van der Waals surface area contributed by atoms with Crippen molar-refractivity contribution < 1.29 is 4.79 Å². The van der Waals surface area contributed by atoms with E-state index in [9.17, 15) is 4.79 Å². The summed E-state index contributed by atoms with van der Waals surface area (Å²) in [4.78, 5) is 27.6. The Hall–Kier alpha value is -1.40. The van der Waals surface area contributed by atoms with Crippen LogP contribution in [0, 0.1) is 12.8 Å². The molecule has 0 bridgehead atoms. The monoisotopic (exact) mass is 345 g/mol. The van der Waals surface area contributed by atoms with Gasteiger partial charge in [-0.3, -0.25) is 14.6 Å². The van der Waals surface area contributed by atoms with E-state index in [1.807, 2.05) is 13.1 Å². The molecule has 2 saturated heterocycles. The number of H-pyrrole nitrogens is 1. The summed E-state index contributed by atoms with van der Waals surface area (Å²) in [5, 5.41) is 0. The number of likely N-dealkylation sites (N-methyl/N-ethyl adjacent to an activating group) is 1. The largest absolute Gasteiger partial charge is 0.345 e. The first-order chi connectivity index (χ1) is 12.0. The van der Waals surface area contributed by atoms with Gasteiger partial charge in [-0.05, 0) is 45.6 Å². The van der Waals surface area contributed by atoms with E-state index in [1.165, 1.54) is 12.8 Å². The first kappa shape index (κ1) is 17.0. The Kier molecular flexibility index (Phi) is 4.58. The number of aryl methyl sites for hydroxylation is 1. The van der Waals surface area contributed by atoms with Crippen molar-refractivity contribution in [2.24, 2.45) is 5.92 Å². The van der Waals surface area contributed by atoms with Crippen LogP contribution in [0.5, 0.6) is 0 Å². The molecule has 1 aromatic rings. The van der Waals surface area contributed by atoms with E-state index in [0.29, 0.717) is 12.3 Å².